The Bertz CT molecular complexity index is 1070. The summed E-state index contributed by atoms with van der Waals surface area (Å²) in [6.07, 6.45) is 3.83. The van der Waals surface area contributed by atoms with Crippen molar-refractivity contribution in [1.82, 2.24) is 19.7 Å². The van der Waals surface area contributed by atoms with Gasteiger partial charge in [-0.3, -0.25) is 9.59 Å². The molecule has 0 aliphatic carbocycles. The maximum atomic E-state index is 12.8. The fourth-order valence-electron chi connectivity index (χ4n) is 3.97. The van der Waals surface area contributed by atoms with E-state index in [1.807, 2.05) is 24.8 Å². The van der Waals surface area contributed by atoms with Crippen LogP contribution in [-0.4, -0.2) is 38.7 Å². The van der Waals surface area contributed by atoms with E-state index in [-0.39, 0.29) is 18.0 Å². The van der Waals surface area contributed by atoms with E-state index < -0.39 is 0 Å². The van der Waals surface area contributed by atoms with Crippen LogP contribution in [0.1, 0.15) is 36.0 Å². The van der Waals surface area contributed by atoms with Gasteiger partial charge in [-0.1, -0.05) is 37.3 Å². The molecule has 1 fully saturated rings. The molecule has 29 heavy (non-hydrogen) atoms. The van der Waals surface area contributed by atoms with Crippen molar-refractivity contribution in [3.05, 3.63) is 57.0 Å². The van der Waals surface area contributed by atoms with Gasteiger partial charge in [-0.05, 0) is 44.1 Å². The zero-order valence-electron chi connectivity index (χ0n) is 16.9. The van der Waals surface area contributed by atoms with E-state index in [0.717, 1.165) is 54.2 Å². The highest BCUT2D eigenvalue weighted by Gasteiger charge is 2.24. The topological polar surface area (TPSA) is 68.1 Å². The molecule has 152 valence electrons. The number of fused-ring (bicyclic) bond motifs is 1. The molecule has 1 aliphatic rings. The third-order valence-corrected chi connectivity index (χ3v) is 6.94. The zero-order chi connectivity index (χ0) is 20.4. The number of amides is 1. The molecule has 1 amide bonds. The number of thiazole rings is 1. The highest BCUT2D eigenvalue weighted by Crippen LogP contribution is 2.23. The number of likely N-dealkylation sites (tertiary alicyclic amines) is 1. The second-order valence-electron chi connectivity index (χ2n) is 7.70. The summed E-state index contributed by atoms with van der Waals surface area (Å²) >= 11 is 1.51. The average molecular weight is 411 g/mol. The van der Waals surface area contributed by atoms with Crippen LogP contribution in [0.3, 0.4) is 0 Å². The molecule has 1 aliphatic heterocycles. The Morgan fingerprint density at radius 2 is 1.93 bits per heavy atom. The SMILES string of the molecule is CCc1nc2c(=O)n(CC(=O)N3CCC(Cc4ccccc4)CC3)nc(C)c2s1. The standard InChI is InChI=1S/C22H26N4O2S/c1-3-18-23-20-21(29-18)15(2)24-26(22(20)28)14-19(27)25-11-9-17(10-12-25)13-16-7-5-4-6-8-16/h4-8,17H,3,9-14H2,1-2H3. The lowest BCUT2D eigenvalue weighted by atomic mass is 9.90. The van der Waals surface area contributed by atoms with Gasteiger partial charge >= 0.3 is 0 Å². The average Bonchev–Trinajstić information content (AvgIpc) is 3.18. The molecule has 0 saturated carbocycles. The molecule has 0 atom stereocenters. The van der Waals surface area contributed by atoms with Crippen molar-refractivity contribution in [2.24, 2.45) is 5.92 Å². The normalized spacial score (nSPS) is 15.2. The van der Waals surface area contributed by atoms with Gasteiger partial charge in [-0.2, -0.15) is 5.10 Å². The highest BCUT2D eigenvalue weighted by molar-refractivity contribution is 7.18. The summed E-state index contributed by atoms with van der Waals surface area (Å²) in [7, 11) is 0. The predicted octanol–water partition coefficient (Wildman–Crippen LogP) is 3.21. The third-order valence-electron chi connectivity index (χ3n) is 5.63. The Kier molecular flexibility index (Phi) is 5.76. The highest BCUT2D eigenvalue weighted by atomic mass is 32.1. The molecule has 7 heteroatoms. The van der Waals surface area contributed by atoms with Crippen LogP contribution in [0, 0.1) is 12.8 Å². The van der Waals surface area contributed by atoms with Crippen LogP contribution in [0.2, 0.25) is 0 Å². The minimum absolute atomic E-state index is 0.0159. The van der Waals surface area contributed by atoms with Crippen LogP contribution in [-0.2, 0) is 24.2 Å². The summed E-state index contributed by atoms with van der Waals surface area (Å²) in [6.45, 7) is 5.35. The number of piperidine rings is 1. The van der Waals surface area contributed by atoms with Gasteiger partial charge in [0.1, 0.15) is 6.54 Å². The Morgan fingerprint density at radius 1 is 1.21 bits per heavy atom. The first kappa shape index (κ1) is 19.8. The fourth-order valence-corrected chi connectivity index (χ4v) is 4.90. The van der Waals surface area contributed by atoms with Gasteiger partial charge in [-0.15, -0.1) is 11.3 Å². The summed E-state index contributed by atoms with van der Waals surface area (Å²) in [5.74, 6) is 0.561. The summed E-state index contributed by atoms with van der Waals surface area (Å²) < 4.78 is 2.12. The fraction of sp³-hybridized carbons (Fsp3) is 0.455. The molecule has 2 aromatic heterocycles. The van der Waals surface area contributed by atoms with Gasteiger partial charge in [-0.25, -0.2) is 9.67 Å². The molecule has 0 bridgehead atoms. The van der Waals surface area contributed by atoms with Crippen LogP contribution in [0.4, 0.5) is 0 Å². The van der Waals surface area contributed by atoms with Crippen molar-refractivity contribution in [2.75, 3.05) is 13.1 Å². The molecule has 0 spiro atoms. The van der Waals surface area contributed by atoms with Crippen molar-refractivity contribution in [2.45, 2.75) is 46.1 Å². The lowest BCUT2D eigenvalue weighted by molar-refractivity contribution is -0.133. The quantitative estimate of drug-likeness (QED) is 0.648. The van der Waals surface area contributed by atoms with Gasteiger partial charge < -0.3 is 4.90 Å². The number of rotatable bonds is 5. The molecule has 4 rings (SSSR count). The van der Waals surface area contributed by atoms with Gasteiger partial charge in [0.2, 0.25) is 5.91 Å². The monoisotopic (exact) mass is 410 g/mol. The molecule has 3 heterocycles. The predicted molar refractivity (Wildman–Crippen MR) is 115 cm³/mol. The number of carbonyl (C=O) groups excluding carboxylic acids is 1. The first-order chi connectivity index (χ1) is 14.0. The van der Waals surface area contributed by atoms with E-state index in [1.54, 1.807) is 0 Å². The zero-order valence-corrected chi connectivity index (χ0v) is 17.7. The van der Waals surface area contributed by atoms with Gasteiger partial charge in [0.05, 0.1) is 15.4 Å². The maximum absolute atomic E-state index is 12.8. The maximum Gasteiger partial charge on any atom is 0.294 e. The molecular formula is C22H26N4O2S. The number of hydrogen-bond donors (Lipinski definition) is 0. The first-order valence-electron chi connectivity index (χ1n) is 10.2. The van der Waals surface area contributed by atoms with E-state index in [4.69, 9.17) is 0 Å². The van der Waals surface area contributed by atoms with Crippen LogP contribution in [0.5, 0.6) is 0 Å². The number of benzene rings is 1. The molecule has 3 aromatic rings. The van der Waals surface area contributed by atoms with Crippen molar-refractivity contribution in [1.29, 1.82) is 0 Å². The van der Waals surface area contributed by atoms with E-state index in [9.17, 15) is 9.59 Å². The summed E-state index contributed by atoms with van der Waals surface area (Å²) in [4.78, 5) is 31.9. The van der Waals surface area contributed by atoms with E-state index in [0.29, 0.717) is 11.4 Å². The van der Waals surface area contributed by atoms with Gasteiger partial charge in [0, 0.05) is 13.1 Å². The van der Waals surface area contributed by atoms with Crippen LogP contribution >= 0.6 is 11.3 Å². The lowest BCUT2D eigenvalue weighted by Crippen LogP contribution is -2.42. The largest absolute Gasteiger partial charge is 0.341 e. The van der Waals surface area contributed by atoms with E-state index >= 15 is 0 Å². The Labute approximate surface area is 174 Å². The third kappa shape index (κ3) is 4.24. The number of hydrogen-bond acceptors (Lipinski definition) is 5. The molecule has 0 radical (unpaired) electrons. The van der Waals surface area contributed by atoms with E-state index in [1.165, 1.54) is 21.6 Å². The van der Waals surface area contributed by atoms with Crippen molar-refractivity contribution in [3.8, 4) is 0 Å². The second-order valence-corrected chi connectivity index (χ2v) is 8.78. The Morgan fingerprint density at radius 3 is 2.62 bits per heavy atom. The van der Waals surface area contributed by atoms with Crippen molar-refractivity contribution < 1.29 is 4.79 Å². The smallest absolute Gasteiger partial charge is 0.294 e. The molecule has 6 nitrogen and oxygen atoms in total. The molecule has 0 unspecified atom stereocenters. The number of nitrogens with zero attached hydrogens (tertiary/aromatic N) is 4. The minimum atomic E-state index is -0.270. The summed E-state index contributed by atoms with van der Waals surface area (Å²) in [6, 6.07) is 10.5. The number of carbonyl (C=O) groups is 1. The van der Waals surface area contributed by atoms with Crippen molar-refractivity contribution in [3.63, 3.8) is 0 Å². The Hall–Kier alpha value is -2.54. The van der Waals surface area contributed by atoms with Crippen LogP contribution < -0.4 is 5.56 Å². The summed E-state index contributed by atoms with van der Waals surface area (Å²) in [5, 5.41) is 5.30. The second kappa shape index (κ2) is 8.45. The van der Waals surface area contributed by atoms with Gasteiger partial charge in [0.15, 0.2) is 5.52 Å². The van der Waals surface area contributed by atoms with Crippen molar-refractivity contribution >= 4 is 27.5 Å². The molecule has 0 N–H and O–H groups in total. The van der Waals surface area contributed by atoms with Crippen LogP contribution in [0.25, 0.3) is 10.2 Å². The lowest BCUT2D eigenvalue weighted by Gasteiger charge is -2.32. The summed E-state index contributed by atoms with van der Waals surface area (Å²) in [5.41, 5.74) is 2.28. The van der Waals surface area contributed by atoms with Crippen LogP contribution in [0.15, 0.2) is 35.1 Å². The number of aryl methyl sites for hydroxylation is 2. The molecule has 1 saturated heterocycles. The van der Waals surface area contributed by atoms with Gasteiger partial charge in [0.25, 0.3) is 5.56 Å². The molecular weight excluding hydrogens is 384 g/mol. The Balaban J connectivity index is 1.41. The first-order valence-corrected chi connectivity index (χ1v) is 11.1. The number of aromatic nitrogens is 3. The minimum Gasteiger partial charge on any atom is -0.341 e. The van der Waals surface area contributed by atoms with E-state index in [2.05, 4.69) is 34.3 Å². The molecule has 1 aromatic carbocycles.